The van der Waals surface area contributed by atoms with Crippen molar-refractivity contribution in [3.05, 3.63) is 29.6 Å². The van der Waals surface area contributed by atoms with Gasteiger partial charge in [0.05, 0.1) is 5.69 Å². The lowest BCUT2D eigenvalue weighted by Gasteiger charge is -2.54. The molecule has 4 saturated carbocycles. The zero-order valence-corrected chi connectivity index (χ0v) is 13.6. The Balaban J connectivity index is 1.49. The van der Waals surface area contributed by atoms with Gasteiger partial charge in [-0.05, 0) is 67.9 Å². The van der Waals surface area contributed by atoms with Crippen molar-refractivity contribution in [1.29, 1.82) is 0 Å². The number of benzene rings is 1. The standard InChI is InChI=1S/C18H21F3N2O/c1-23(14-3-2-13(19)15(20)16(14)21)18(24)22-17-11-5-9-4-10(7-11)8-12(17)6-9/h2-3,9-12,17H,4-8H2,1H3,(H,22,24). The molecule has 3 nitrogen and oxygen atoms in total. The highest BCUT2D eigenvalue weighted by molar-refractivity contribution is 5.91. The number of urea groups is 1. The Morgan fingerprint density at radius 2 is 1.58 bits per heavy atom. The Bertz CT molecular complexity index is 650. The summed E-state index contributed by atoms with van der Waals surface area (Å²) >= 11 is 0. The summed E-state index contributed by atoms with van der Waals surface area (Å²) in [4.78, 5) is 13.5. The first-order valence-electron chi connectivity index (χ1n) is 8.61. The van der Waals surface area contributed by atoms with Crippen LogP contribution in [0.1, 0.15) is 32.1 Å². The number of nitrogens with one attached hydrogen (secondary N) is 1. The van der Waals surface area contributed by atoms with Gasteiger partial charge in [-0.15, -0.1) is 0 Å². The number of hydrogen-bond acceptors (Lipinski definition) is 1. The number of nitrogens with zero attached hydrogens (tertiary/aromatic N) is 1. The van der Waals surface area contributed by atoms with Gasteiger partial charge in [-0.2, -0.15) is 0 Å². The molecule has 130 valence electrons. The molecule has 5 rings (SSSR count). The molecule has 4 aliphatic rings. The van der Waals surface area contributed by atoms with Gasteiger partial charge in [0.1, 0.15) is 0 Å². The molecule has 1 aromatic rings. The minimum atomic E-state index is -1.55. The Morgan fingerprint density at radius 3 is 2.17 bits per heavy atom. The highest BCUT2D eigenvalue weighted by Gasteiger charge is 2.48. The zero-order valence-electron chi connectivity index (χ0n) is 13.6. The van der Waals surface area contributed by atoms with Crippen LogP contribution in [0.2, 0.25) is 0 Å². The molecule has 4 fully saturated rings. The molecule has 6 heteroatoms. The van der Waals surface area contributed by atoms with Gasteiger partial charge in [0.2, 0.25) is 0 Å². The van der Waals surface area contributed by atoms with Crippen LogP contribution in [0.3, 0.4) is 0 Å². The summed E-state index contributed by atoms with van der Waals surface area (Å²) in [7, 11) is 1.38. The van der Waals surface area contributed by atoms with Crippen LogP contribution >= 0.6 is 0 Å². The minimum Gasteiger partial charge on any atom is -0.334 e. The maximum absolute atomic E-state index is 13.9. The van der Waals surface area contributed by atoms with Crippen molar-refractivity contribution in [3.63, 3.8) is 0 Å². The van der Waals surface area contributed by atoms with Crippen LogP contribution in [0.4, 0.5) is 23.7 Å². The third-order valence-electron chi connectivity index (χ3n) is 6.20. The second-order valence-corrected chi connectivity index (χ2v) is 7.66. The molecule has 1 aromatic carbocycles. The molecule has 0 aromatic heterocycles. The molecule has 1 N–H and O–H groups in total. The maximum atomic E-state index is 13.9. The highest BCUT2D eigenvalue weighted by atomic mass is 19.2. The van der Waals surface area contributed by atoms with Crippen molar-refractivity contribution in [2.75, 3.05) is 11.9 Å². The molecule has 4 aliphatic carbocycles. The summed E-state index contributed by atoms with van der Waals surface area (Å²) in [5.74, 6) is -1.57. The van der Waals surface area contributed by atoms with E-state index in [9.17, 15) is 18.0 Å². The Hall–Kier alpha value is -1.72. The van der Waals surface area contributed by atoms with Crippen LogP contribution < -0.4 is 10.2 Å². The van der Waals surface area contributed by atoms with Crippen molar-refractivity contribution in [2.45, 2.75) is 38.1 Å². The number of carbonyl (C=O) groups excluding carboxylic acids is 1. The lowest BCUT2D eigenvalue weighted by atomic mass is 9.54. The van der Waals surface area contributed by atoms with Gasteiger partial charge >= 0.3 is 6.03 Å². The number of rotatable bonds is 2. The smallest absolute Gasteiger partial charge is 0.321 e. The summed E-state index contributed by atoms with van der Waals surface area (Å²) in [6, 6.07) is 1.57. The summed E-state index contributed by atoms with van der Waals surface area (Å²) in [5.41, 5.74) is -0.254. The number of hydrogen-bond donors (Lipinski definition) is 1. The molecule has 24 heavy (non-hydrogen) atoms. The normalized spacial score (nSPS) is 33.6. The highest BCUT2D eigenvalue weighted by Crippen LogP contribution is 2.53. The molecule has 0 radical (unpaired) electrons. The van der Waals surface area contributed by atoms with Gasteiger partial charge in [0.25, 0.3) is 0 Å². The van der Waals surface area contributed by atoms with Crippen LogP contribution in [0, 0.1) is 41.1 Å². The molecule has 0 spiro atoms. The van der Waals surface area contributed by atoms with Crippen molar-refractivity contribution in [2.24, 2.45) is 23.7 Å². The largest absolute Gasteiger partial charge is 0.334 e. The lowest BCUT2D eigenvalue weighted by Crippen LogP contribution is -2.57. The second kappa shape index (κ2) is 5.67. The summed E-state index contributed by atoms with van der Waals surface area (Å²) in [6.45, 7) is 0. The predicted molar refractivity (Wildman–Crippen MR) is 84.1 cm³/mol. The third kappa shape index (κ3) is 2.47. The monoisotopic (exact) mass is 338 g/mol. The predicted octanol–water partition coefficient (Wildman–Crippen LogP) is 4.07. The molecule has 4 bridgehead atoms. The topological polar surface area (TPSA) is 32.3 Å². The second-order valence-electron chi connectivity index (χ2n) is 7.66. The van der Waals surface area contributed by atoms with Crippen molar-refractivity contribution < 1.29 is 18.0 Å². The van der Waals surface area contributed by atoms with Gasteiger partial charge in [-0.3, -0.25) is 4.90 Å². The summed E-state index contributed by atoms with van der Waals surface area (Å²) in [5, 5.41) is 3.03. The fourth-order valence-electron chi connectivity index (χ4n) is 5.28. The van der Waals surface area contributed by atoms with Gasteiger partial charge in [-0.25, -0.2) is 18.0 Å². The van der Waals surface area contributed by atoms with E-state index in [0.717, 1.165) is 54.6 Å². The molecule has 0 heterocycles. The van der Waals surface area contributed by atoms with Crippen LogP contribution in [0.5, 0.6) is 0 Å². The average Bonchev–Trinajstić information content (AvgIpc) is 2.55. The zero-order chi connectivity index (χ0) is 17.0. The average molecular weight is 338 g/mol. The minimum absolute atomic E-state index is 0.112. The Kier molecular flexibility index (Phi) is 3.73. The molecular weight excluding hydrogens is 317 g/mol. The van der Waals surface area contributed by atoms with Gasteiger partial charge < -0.3 is 5.32 Å². The lowest BCUT2D eigenvalue weighted by molar-refractivity contribution is -0.00907. The Morgan fingerprint density at radius 1 is 1.00 bits per heavy atom. The number of carbonyl (C=O) groups is 1. The fraction of sp³-hybridized carbons (Fsp3) is 0.611. The number of halogens is 3. The molecule has 2 amide bonds. The van der Waals surface area contributed by atoms with Gasteiger partial charge in [-0.1, -0.05) is 0 Å². The van der Waals surface area contributed by atoms with E-state index < -0.39 is 23.5 Å². The molecular formula is C18H21F3N2O. The van der Waals surface area contributed by atoms with Crippen LogP contribution in [0.25, 0.3) is 0 Å². The SMILES string of the molecule is CN(C(=O)NC1C2CC3CC(C2)CC1C3)c1ccc(F)c(F)c1F. The van der Waals surface area contributed by atoms with E-state index in [1.807, 2.05) is 0 Å². The third-order valence-corrected chi connectivity index (χ3v) is 6.20. The van der Waals surface area contributed by atoms with E-state index in [1.165, 1.54) is 13.5 Å². The first-order chi connectivity index (χ1) is 11.4. The number of amides is 2. The van der Waals surface area contributed by atoms with E-state index in [4.69, 9.17) is 0 Å². The van der Waals surface area contributed by atoms with E-state index in [1.54, 1.807) is 0 Å². The van der Waals surface area contributed by atoms with Crippen molar-refractivity contribution in [3.8, 4) is 0 Å². The summed E-state index contributed by atoms with van der Waals surface area (Å²) < 4.78 is 40.4. The molecule has 0 unspecified atom stereocenters. The van der Waals surface area contributed by atoms with Crippen molar-refractivity contribution in [1.82, 2.24) is 5.32 Å². The van der Waals surface area contributed by atoms with E-state index >= 15 is 0 Å². The summed E-state index contributed by atoms with van der Waals surface area (Å²) in [6.07, 6.45) is 5.94. The van der Waals surface area contributed by atoms with E-state index in [0.29, 0.717) is 11.8 Å². The van der Waals surface area contributed by atoms with Crippen LogP contribution in [0.15, 0.2) is 12.1 Å². The van der Waals surface area contributed by atoms with E-state index in [2.05, 4.69) is 5.32 Å². The quantitative estimate of drug-likeness (QED) is 0.810. The molecule has 0 atom stereocenters. The van der Waals surface area contributed by atoms with Crippen LogP contribution in [-0.2, 0) is 0 Å². The van der Waals surface area contributed by atoms with Gasteiger partial charge in [0, 0.05) is 13.1 Å². The van der Waals surface area contributed by atoms with Gasteiger partial charge in [0.15, 0.2) is 17.5 Å². The maximum Gasteiger partial charge on any atom is 0.321 e. The first kappa shape index (κ1) is 15.8. The Labute approximate surface area is 139 Å². The first-order valence-corrected chi connectivity index (χ1v) is 8.61. The molecule has 0 aliphatic heterocycles. The molecule has 0 saturated heterocycles. The van der Waals surface area contributed by atoms with Crippen molar-refractivity contribution >= 4 is 11.7 Å². The fourth-order valence-corrected chi connectivity index (χ4v) is 5.28. The van der Waals surface area contributed by atoms with Crippen LogP contribution in [-0.4, -0.2) is 19.1 Å². The number of anilines is 1. The van der Waals surface area contributed by atoms with E-state index in [-0.39, 0.29) is 11.7 Å².